The summed E-state index contributed by atoms with van der Waals surface area (Å²) in [5, 5.41) is 2.34. The fourth-order valence-corrected chi connectivity index (χ4v) is 2.67. The Balaban J connectivity index is 1.65. The van der Waals surface area contributed by atoms with Crippen LogP contribution in [0.5, 0.6) is 0 Å². The van der Waals surface area contributed by atoms with E-state index in [1.165, 1.54) is 0 Å². The molecule has 0 spiro atoms. The maximum absolute atomic E-state index is 13.1. The number of amides is 3. The van der Waals surface area contributed by atoms with Crippen molar-refractivity contribution in [3.8, 4) is 0 Å². The van der Waals surface area contributed by atoms with Crippen LogP contribution in [0.25, 0.3) is 0 Å². The molecule has 0 saturated carbocycles. The Morgan fingerprint density at radius 3 is 2.32 bits per heavy atom. The summed E-state index contributed by atoms with van der Waals surface area (Å²) in [5.74, 6) is -3.09. The summed E-state index contributed by atoms with van der Waals surface area (Å²) in [6.45, 7) is 1.70. The fourth-order valence-electron chi connectivity index (χ4n) is 2.67. The highest BCUT2D eigenvalue weighted by molar-refractivity contribution is 6.21. The van der Waals surface area contributed by atoms with Crippen molar-refractivity contribution in [3.63, 3.8) is 0 Å². The Bertz CT molecular complexity index is 876. The molecule has 3 rings (SSSR count). The lowest BCUT2D eigenvalue weighted by Gasteiger charge is -2.13. The number of carbonyl (C=O) groups is 3. The maximum atomic E-state index is 13.1. The lowest BCUT2D eigenvalue weighted by molar-refractivity contribution is -0.116. The van der Waals surface area contributed by atoms with Crippen LogP contribution < -0.4 is 5.32 Å². The molecule has 0 radical (unpaired) electrons. The molecule has 0 saturated heterocycles. The van der Waals surface area contributed by atoms with Gasteiger partial charge in [0.2, 0.25) is 5.91 Å². The van der Waals surface area contributed by atoms with Crippen LogP contribution in [0.15, 0.2) is 36.4 Å². The zero-order chi connectivity index (χ0) is 18.1. The third-order valence-corrected chi connectivity index (χ3v) is 3.83. The average molecular weight is 344 g/mol. The molecule has 0 fully saturated rings. The van der Waals surface area contributed by atoms with Crippen LogP contribution in [-0.2, 0) is 4.79 Å². The summed E-state index contributed by atoms with van der Waals surface area (Å²) in [6.07, 6.45) is -0.178. The van der Waals surface area contributed by atoms with Crippen LogP contribution >= 0.6 is 0 Å². The van der Waals surface area contributed by atoms with Crippen molar-refractivity contribution in [2.45, 2.75) is 13.3 Å². The summed E-state index contributed by atoms with van der Waals surface area (Å²) in [5.41, 5.74) is 1.45. The van der Waals surface area contributed by atoms with Crippen LogP contribution in [0.3, 0.4) is 0 Å². The number of fused-ring (bicyclic) bond motifs is 1. The Hall–Kier alpha value is -3.09. The molecule has 2 aromatic carbocycles. The van der Waals surface area contributed by atoms with Gasteiger partial charge in [-0.05, 0) is 31.2 Å². The average Bonchev–Trinajstić information content (AvgIpc) is 2.75. The second kappa shape index (κ2) is 6.43. The number of aryl methyl sites for hydroxylation is 1. The highest BCUT2D eigenvalue weighted by Crippen LogP contribution is 2.24. The minimum atomic E-state index is -0.814. The Morgan fingerprint density at radius 1 is 1.00 bits per heavy atom. The van der Waals surface area contributed by atoms with Crippen LogP contribution in [0, 0.1) is 18.6 Å². The number of nitrogens with zero attached hydrogens (tertiary/aromatic N) is 1. The van der Waals surface area contributed by atoms with Crippen molar-refractivity contribution in [1.82, 2.24) is 4.90 Å². The number of imide groups is 1. The van der Waals surface area contributed by atoms with Gasteiger partial charge in [-0.2, -0.15) is 0 Å². The van der Waals surface area contributed by atoms with Crippen molar-refractivity contribution in [2.24, 2.45) is 0 Å². The first-order chi connectivity index (χ1) is 11.8. The predicted molar refractivity (Wildman–Crippen MR) is 86.2 cm³/mol. The molecule has 1 aliphatic rings. The third kappa shape index (κ3) is 3.40. The number of benzene rings is 2. The van der Waals surface area contributed by atoms with E-state index in [2.05, 4.69) is 5.32 Å². The topological polar surface area (TPSA) is 66.5 Å². The lowest BCUT2D eigenvalue weighted by atomic mass is 10.1. The normalized spacial score (nSPS) is 13.2. The summed E-state index contributed by atoms with van der Waals surface area (Å²) in [7, 11) is 0. The van der Waals surface area contributed by atoms with Crippen molar-refractivity contribution < 1.29 is 23.2 Å². The monoisotopic (exact) mass is 344 g/mol. The number of hydrogen-bond donors (Lipinski definition) is 1. The molecule has 2 aromatic rings. The molecule has 5 nitrogen and oxygen atoms in total. The molecule has 0 bridgehead atoms. The van der Waals surface area contributed by atoms with E-state index in [0.29, 0.717) is 17.2 Å². The molecule has 0 unspecified atom stereocenters. The van der Waals surface area contributed by atoms with E-state index in [-0.39, 0.29) is 18.7 Å². The van der Waals surface area contributed by atoms with Crippen molar-refractivity contribution in [2.75, 3.05) is 11.9 Å². The van der Waals surface area contributed by atoms with Gasteiger partial charge in [-0.25, -0.2) is 8.78 Å². The van der Waals surface area contributed by atoms with Crippen molar-refractivity contribution in [1.29, 1.82) is 0 Å². The van der Waals surface area contributed by atoms with E-state index in [1.807, 2.05) is 6.92 Å². The van der Waals surface area contributed by atoms with Crippen LogP contribution in [0.2, 0.25) is 0 Å². The number of halogens is 2. The molecule has 1 aliphatic heterocycles. The minimum absolute atomic E-state index is 0.0273. The molecule has 128 valence electrons. The Kier molecular flexibility index (Phi) is 4.31. The van der Waals surface area contributed by atoms with Gasteiger partial charge in [0, 0.05) is 24.7 Å². The molecular formula is C18H14F2N2O3. The standard InChI is InChI=1S/C18H14F2N2O3/c1-10-2-3-14-15(6-10)18(25)22(17(14)24)5-4-16(23)21-13-8-11(19)7-12(20)9-13/h2-3,6-9H,4-5H2,1H3,(H,21,23). The van der Waals surface area contributed by atoms with E-state index in [1.54, 1.807) is 18.2 Å². The summed E-state index contributed by atoms with van der Waals surface area (Å²) in [6, 6.07) is 7.60. The largest absolute Gasteiger partial charge is 0.326 e. The first-order valence-electron chi connectivity index (χ1n) is 7.58. The van der Waals surface area contributed by atoms with Gasteiger partial charge in [0.1, 0.15) is 11.6 Å². The first kappa shape index (κ1) is 16.8. The summed E-state index contributed by atoms with van der Waals surface area (Å²) in [4.78, 5) is 37.5. The van der Waals surface area contributed by atoms with Gasteiger partial charge in [-0.15, -0.1) is 0 Å². The summed E-state index contributed by atoms with van der Waals surface area (Å²) < 4.78 is 26.2. The molecular weight excluding hydrogens is 330 g/mol. The van der Waals surface area contributed by atoms with E-state index in [9.17, 15) is 23.2 Å². The van der Waals surface area contributed by atoms with E-state index >= 15 is 0 Å². The van der Waals surface area contributed by atoms with Crippen molar-refractivity contribution >= 4 is 23.4 Å². The van der Waals surface area contributed by atoms with Gasteiger partial charge in [0.05, 0.1) is 11.1 Å². The molecule has 0 aliphatic carbocycles. The van der Waals surface area contributed by atoms with E-state index in [0.717, 1.165) is 22.6 Å². The quantitative estimate of drug-likeness (QED) is 0.868. The van der Waals surface area contributed by atoms with Crippen molar-refractivity contribution in [3.05, 3.63) is 64.7 Å². The zero-order valence-corrected chi connectivity index (χ0v) is 13.3. The minimum Gasteiger partial charge on any atom is -0.326 e. The molecule has 7 heteroatoms. The lowest BCUT2D eigenvalue weighted by Crippen LogP contribution is -2.32. The number of hydrogen-bond acceptors (Lipinski definition) is 3. The smallest absolute Gasteiger partial charge is 0.261 e. The van der Waals surface area contributed by atoms with Gasteiger partial charge in [-0.3, -0.25) is 19.3 Å². The second-order valence-electron chi connectivity index (χ2n) is 5.77. The predicted octanol–water partition coefficient (Wildman–Crippen LogP) is 2.90. The number of anilines is 1. The van der Waals surface area contributed by atoms with Crippen LogP contribution in [0.4, 0.5) is 14.5 Å². The van der Waals surface area contributed by atoms with Gasteiger partial charge < -0.3 is 5.32 Å². The van der Waals surface area contributed by atoms with Gasteiger partial charge >= 0.3 is 0 Å². The molecule has 1 heterocycles. The Morgan fingerprint density at radius 2 is 1.64 bits per heavy atom. The van der Waals surface area contributed by atoms with Gasteiger partial charge in [-0.1, -0.05) is 11.6 Å². The first-order valence-corrected chi connectivity index (χ1v) is 7.58. The van der Waals surface area contributed by atoms with Crippen LogP contribution in [-0.4, -0.2) is 29.2 Å². The van der Waals surface area contributed by atoms with E-state index < -0.39 is 29.4 Å². The van der Waals surface area contributed by atoms with Crippen LogP contribution in [0.1, 0.15) is 32.7 Å². The van der Waals surface area contributed by atoms with Gasteiger partial charge in [0.25, 0.3) is 11.8 Å². The number of rotatable bonds is 4. The Labute approximate surface area is 142 Å². The fraction of sp³-hybridized carbons (Fsp3) is 0.167. The number of nitrogens with one attached hydrogen (secondary N) is 1. The highest BCUT2D eigenvalue weighted by atomic mass is 19.1. The maximum Gasteiger partial charge on any atom is 0.261 e. The molecule has 1 N–H and O–H groups in total. The molecule has 0 aromatic heterocycles. The third-order valence-electron chi connectivity index (χ3n) is 3.83. The zero-order valence-electron chi connectivity index (χ0n) is 13.3. The molecule has 25 heavy (non-hydrogen) atoms. The molecule has 0 atom stereocenters. The highest BCUT2D eigenvalue weighted by Gasteiger charge is 2.35. The number of carbonyl (C=O) groups excluding carboxylic acids is 3. The van der Waals surface area contributed by atoms with Gasteiger partial charge in [0.15, 0.2) is 0 Å². The summed E-state index contributed by atoms with van der Waals surface area (Å²) >= 11 is 0. The molecule has 3 amide bonds. The SMILES string of the molecule is Cc1ccc2c(c1)C(=O)N(CCC(=O)Nc1cc(F)cc(F)c1)C2=O. The van der Waals surface area contributed by atoms with E-state index in [4.69, 9.17) is 0 Å². The second-order valence-corrected chi connectivity index (χ2v) is 5.77.